The number of amides is 5. The number of rotatable bonds is 5. The van der Waals surface area contributed by atoms with Gasteiger partial charge in [0, 0.05) is 0 Å². The van der Waals surface area contributed by atoms with Crippen LogP contribution in [-0.4, -0.2) is 47.8 Å². The fourth-order valence-electron chi connectivity index (χ4n) is 3.22. The Hall–Kier alpha value is -3.56. The molecule has 152 valence electrons. The van der Waals surface area contributed by atoms with E-state index in [0.29, 0.717) is 12.8 Å². The van der Waals surface area contributed by atoms with Crippen molar-refractivity contribution in [2.75, 3.05) is 18.5 Å². The number of urea groups is 1. The molecule has 1 fully saturated rings. The van der Waals surface area contributed by atoms with Gasteiger partial charge < -0.3 is 10.1 Å². The predicted molar refractivity (Wildman–Crippen MR) is 96.6 cm³/mol. The summed E-state index contributed by atoms with van der Waals surface area (Å²) < 4.78 is 18.2. The molecule has 0 saturated carbocycles. The third-order valence-electron chi connectivity index (χ3n) is 4.63. The molecule has 0 bridgehead atoms. The number of halogens is 1. The fraction of sp³-hybridized carbons (Fsp3) is 0.316. The highest BCUT2D eigenvalue weighted by Crippen LogP contribution is 2.34. The molecule has 10 heteroatoms. The van der Waals surface area contributed by atoms with Crippen LogP contribution in [0.1, 0.15) is 12.8 Å². The number of benzene rings is 1. The summed E-state index contributed by atoms with van der Waals surface area (Å²) in [5, 5.41) is 4.01. The predicted octanol–water partition coefficient (Wildman–Crippen LogP) is 0.968. The molecule has 2 atom stereocenters. The quantitative estimate of drug-likeness (QED) is 0.429. The van der Waals surface area contributed by atoms with Gasteiger partial charge in [-0.3, -0.25) is 29.4 Å². The van der Waals surface area contributed by atoms with Crippen molar-refractivity contribution in [3.8, 4) is 0 Å². The summed E-state index contributed by atoms with van der Waals surface area (Å²) in [6.07, 6.45) is 4.54. The lowest BCUT2D eigenvalue weighted by atomic mass is 9.85. The van der Waals surface area contributed by atoms with Crippen LogP contribution in [0.15, 0.2) is 36.4 Å². The second-order valence-corrected chi connectivity index (χ2v) is 6.56. The van der Waals surface area contributed by atoms with Gasteiger partial charge in [-0.25, -0.2) is 9.18 Å². The van der Waals surface area contributed by atoms with Crippen LogP contribution in [0.25, 0.3) is 0 Å². The van der Waals surface area contributed by atoms with E-state index in [2.05, 4.69) is 5.32 Å². The molecule has 3 rings (SSSR count). The molecule has 0 aromatic heterocycles. The van der Waals surface area contributed by atoms with E-state index in [9.17, 15) is 28.4 Å². The standard InChI is InChI=1S/C19H18FN3O6/c20-13-7-3-4-8-14(13)21-19(28)22-15(24)10-29-16(25)9-23-17(26)11-5-1-2-6-12(11)18(23)27/h1-4,7-8,11-12H,5-6,9-10H2,(H2,21,22,24,28)/t11-,12+. The van der Waals surface area contributed by atoms with Gasteiger partial charge in [0.05, 0.1) is 17.5 Å². The molecule has 9 nitrogen and oxygen atoms in total. The number of allylic oxidation sites excluding steroid dienone is 2. The molecule has 1 aliphatic heterocycles. The van der Waals surface area contributed by atoms with Crippen molar-refractivity contribution in [1.82, 2.24) is 10.2 Å². The molecule has 0 unspecified atom stereocenters. The van der Waals surface area contributed by atoms with Crippen LogP contribution >= 0.6 is 0 Å². The van der Waals surface area contributed by atoms with Crippen molar-refractivity contribution in [3.05, 3.63) is 42.2 Å². The number of hydrogen-bond donors (Lipinski definition) is 2. The minimum Gasteiger partial charge on any atom is -0.454 e. The maximum atomic E-state index is 13.4. The number of nitrogens with zero attached hydrogens (tertiary/aromatic N) is 1. The average Bonchev–Trinajstić information content (AvgIpc) is 2.93. The number of anilines is 1. The van der Waals surface area contributed by atoms with E-state index in [-0.39, 0.29) is 5.69 Å². The number of imide groups is 2. The summed E-state index contributed by atoms with van der Waals surface area (Å²) in [5.41, 5.74) is -0.128. The maximum absolute atomic E-state index is 13.4. The van der Waals surface area contributed by atoms with Gasteiger partial charge in [0.15, 0.2) is 6.61 Å². The molecule has 2 N–H and O–H groups in total. The topological polar surface area (TPSA) is 122 Å². The highest BCUT2D eigenvalue weighted by atomic mass is 19.1. The molecule has 0 radical (unpaired) electrons. The number of hydrogen-bond acceptors (Lipinski definition) is 6. The summed E-state index contributed by atoms with van der Waals surface area (Å²) in [6.45, 7) is -1.40. The van der Waals surface area contributed by atoms with Crippen molar-refractivity contribution >= 4 is 35.4 Å². The minimum atomic E-state index is -1.00. The van der Waals surface area contributed by atoms with Gasteiger partial charge in [-0.15, -0.1) is 0 Å². The molecule has 5 amide bonds. The molecule has 0 spiro atoms. The second-order valence-electron chi connectivity index (χ2n) is 6.56. The Labute approximate surface area is 164 Å². The Morgan fingerprint density at radius 3 is 2.31 bits per heavy atom. The zero-order valence-corrected chi connectivity index (χ0v) is 15.2. The number of esters is 1. The SMILES string of the molecule is O=C(COC(=O)CN1C(=O)[C@H]2CC=CC[C@H]2C1=O)NC(=O)Nc1ccccc1F. The van der Waals surface area contributed by atoms with Gasteiger partial charge in [0.2, 0.25) is 11.8 Å². The van der Waals surface area contributed by atoms with Crippen LogP contribution in [0.3, 0.4) is 0 Å². The zero-order chi connectivity index (χ0) is 21.0. The number of ether oxygens (including phenoxy) is 1. The molecule has 2 aliphatic rings. The first-order valence-electron chi connectivity index (χ1n) is 8.88. The van der Waals surface area contributed by atoms with Crippen LogP contribution in [0.2, 0.25) is 0 Å². The first kappa shape index (κ1) is 20.2. The van der Waals surface area contributed by atoms with E-state index in [1.807, 2.05) is 17.5 Å². The minimum absolute atomic E-state index is 0.128. The number of para-hydroxylation sites is 1. The first-order valence-corrected chi connectivity index (χ1v) is 8.88. The van der Waals surface area contributed by atoms with Crippen LogP contribution in [0, 0.1) is 17.7 Å². The lowest BCUT2D eigenvalue weighted by Gasteiger charge is -2.14. The van der Waals surface area contributed by atoms with Crippen molar-refractivity contribution in [2.45, 2.75) is 12.8 Å². The van der Waals surface area contributed by atoms with E-state index in [0.717, 1.165) is 11.0 Å². The van der Waals surface area contributed by atoms with E-state index < -0.39 is 60.5 Å². The Morgan fingerprint density at radius 1 is 1.07 bits per heavy atom. The number of carbonyl (C=O) groups is 5. The van der Waals surface area contributed by atoms with Gasteiger partial charge in [-0.05, 0) is 25.0 Å². The summed E-state index contributed by atoms with van der Waals surface area (Å²) in [7, 11) is 0. The lowest BCUT2D eigenvalue weighted by molar-refractivity contribution is -0.154. The first-order chi connectivity index (χ1) is 13.9. The maximum Gasteiger partial charge on any atom is 0.326 e. The van der Waals surface area contributed by atoms with Crippen LogP contribution in [0.5, 0.6) is 0 Å². The van der Waals surface area contributed by atoms with Crippen LogP contribution in [0.4, 0.5) is 14.9 Å². The van der Waals surface area contributed by atoms with E-state index in [4.69, 9.17) is 4.74 Å². The molecule has 1 aromatic carbocycles. The number of fused-ring (bicyclic) bond motifs is 1. The molecule has 1 saturated heterocycles. The highest BCUT2D eigenvalue weighted by Gasteiger charge is 2.47. The van der Waals surface area contributed by atoms with Crippen molar-refractivity contribution in [2.24, 2.45) is 11.8 Å². The number of likely N-dealkylation sites (tertiary alicyclic amines) is 1. The average molecular weight is 403 g/mol. The van der Waals surface area contributed by atoms with Gasteiger partial charge in [0.25, 0.3) is 5.91 Å². The van der Waals surface area contributed by atoms with Crippen LogP contribution < -0.4 is 10.6 Å². The molecule has 1 aliphatic carbocycles. The molecule has 29 heavy (non-hydrogen) atoms. The van der Waals surface area contributed by atoms with E-state index in [1.165, 1.54) is 18.2 Å². The summed E-state index contributed by atoms with van der Waals surface area (Å²) in [4.78, 5) is 60.7. The van der Waals surface area contributed by atoms with Gasteiger partial charge in [-0.1, -0.05) is 24.3 Å². The van der Waals surface area contributed by atoms with Gasteiger partial charge >= 0.3 is 12.0 Å². The third-order valence-corrected chi connectivity index (χ3v) is 4.63. The summed E-state index contributed by atoms with van der Waals surface area (Å²) in [6, 6.07) is 4.36. The van der Waals surface area contributed by atoms with Crippen molar-refractivity contribution in [1.29, 1.82) is 0 Å². The zero-order valence-electron chi connectivity index (χ0n) is 15.2. The third kappa shape index (κ3) is 4.65. The second kappa shape index (κ2) is 8.63. The normalized spacial score (nSPS) is 20.2. The van der Waals surface area contributed by atoms with Crippen molar-refractivity contribution < 1.29 is 33.1 Å². The summed E-state index contributed by atoms with van der Waals surface area (Å²) in [5.74, 6) is -4.40. The van der Waals surface area contributed by atoms with Crippen molar-refractivity contribution in [3.63, 3.8) is 0 Å². The monoisotopic (exact) mass is 403 g/mol. The van der Waals surface area contributed by atoms with Gasteiger partial charge in [-0.2, -0.15) is 0 Å². The molecule has 1 heterocycles. The molecular weight excluding hydrogens is 385 g/mol. The largest absolute Gasteiger partial charge is 0.454 e. The Balaban J connectivity index is 1.44. The Kier molecular flexibility index (Phi) is 6.01. The van der Waals surface area contributed by atoms with Gasteiger partial charge in [0.1, 0.15) is 12.4 Å². The molecular formula is C19H18FN3O6. The fourth-order valence-corrected chi connectivity index (χ4v) is 3.22. The number of nitrogens with one attached hydrogen (secondary N) is 2. The molecule has 1 aromatic rings. The van der Waals surface area contributed by atoms with E-state index >= 15 is 0 Å². The highest BCUT2D eigenvalue weighted by molar-refractivity contribution is 6.07. The Morgan fingerprint density at radius 2 is 1.69 bits per heavy atom. The van der Waals surface area contributed by atoms with E-state index in [1.54, 1.807) is 0 Å². The Bertz CT molecular complexity index is 874. The number of carbonyl (C=O) groups excluding carboxylic acids is 5. The smallest absolute Gasteiger partial charge is 0.326 e. The lowest BCUT2D eigenvalue weighted by Crippen LogP contribution is -2.40. The summed E-state index contributed by atoms with van der Waals surface area (Å²) >= 11 is 0. The van der Waals surface area contributed by atoms with Crippen LogP contribution in [-0.2, 0) is 23.9 Å².